The van der Waals surface area contributed by atoms with Crippen LogP contribution in [0.1, 0.15) is 24.9 Å². The second-order valence-electron chi connectivity index (χ2n) is 3.33. The molecular formula is C11H15ClFNO. The Morgan fingerprint density at radius 3 is 2.87 bits per heavy atom. The van der Waals surface area contributed by atoms with E-state index in [-0.39, 0.29) is 17.7 Å². The van der Waals surface area contributed by atoms with Gasteiger partial charge in [-0.2, -0.15) is 0 Å². The van der Waals surface area contributed by atoms with E-state index in [0.717, 1.165) is 13.0 Å². The van der Waals surface area contributed by atoms with Crippen LogP contribution in [0.3, 0.4) is 0 Å². The Morgan fingerprint density at radius 1 is 1.53 bits per heavy atom. The molecule has 0 fully saturated rings. The molecule has 1 aromatic rings. The molecule has 0 heterocycles. The van der Waals surface area contributed by atoms with Crippen LogP contribution in [0.2, 0.25) is 5.02 Å². The van der Waals surface area contributed by atoms with Crippen molar-refractivity contribution in [3.63, 3.8) is 0 Å². The highest BCUT2D eigenvalue weighted by Gasteiger charge is 2.15. The van der Waals surface area contributed by atoms with Gasteiger partial charge in [-0.3, -0.25) is 0 Å². The largest absolute Gasteiger partial charge is 0.394 e. The van der Waals surface area contributed by atoms with Crippen molar-refractivity contribution in [2.45, 2.75) is 19.4 Å². The van der Waals surface area contributed by atoms with Crippen LogP contribution < -0.4 is 5.32 Å². The third-order valence-corrected chi connectivity index (χ3v) is 2.47. The summed E-state index contributed by atoms with van der Waals surface area (Å²) in [4.78, 5) is 0. The molecule has 1 rings (SSSR count). The van der Waals surface area contributed by atoms with E-state index >= 15 is 0 Å². The molecule has 0 spiro atoms. The van der Waals surface area contributed by atoms with Gasteiger partial charge in [0.05, 0.1) is 17.7 Å². The lowest BCUT2D eigenvalue weighted by Crippen LogP contribution is -2.26. The quantitative estimate of drug-likeness (QED) is 0.816. The first kappa shape index (κ1) is 12.4. The highest BCUT2D eigenvalue weighted by molar-refractivity contribution is 6.30. The molecule has 0 bridgehead atoms. The molecule has 0 saturated heterocycles. The Morgan fingerprint density at radius 2 is 2.27 bits per heavy atom. The lowest BCUT2D eigenvalue weighted by atomic mass is 10.1. The predicted molar refractivity (Wildman–Crippen MR) is 59.5 cm³/mol. The minimum atomic E-state index is -0.457. The molecule has 0 aliphatic heterocycles. The lowest BCUT2D eigenvalue weighted by Gasteiger charge is -2.17. The fourth-order valence-electron chi connectivity index (χ4n) is 1.38. The van der Waals surface area contributed by atoms with Gasteiger partial charge in [0, 0.05) is 5.56 Å². The average Bonchev–Trinajstić information content (AvgIpc) is 2.25. The number of rotatable bonds is 5. The summed E-state index contributed by atoms with van der Waals surface area (Å²) >= 11 is 5.66. The van der Waals surface area contributed by atoms with Crippen LogP contribution in [-0.2, 0) is 0 Å². The summed E-state index contributed by atoms with van der Waals surface area (Å²) in [5.41, 5.74) is 0.415. The fraction of sp³-hybridized carbons (Fsp3) is 0.455. The Hall–Kier alpha value is -0.640. The minimum Gasteiger partial charge on any atom is -0.394 e. The third kappa shape index (κ3) is 3.16. The SMILES string of the molecule is CCCNC(CO)c1cccc(Cl)c1F. The van der Waals surface area contributed by atoms with Crippen molar-refractivity contribution < 1.29 is 9.50 Å². The molecule has 1 unspecified atom stereocenters. The number of aliphatic hydroxyl groups is 1. The maximum Gasteiger partial charge on any atom is 0.146 e. The summed E-state index contributed by atoms with van der Waals surface area (Å²) in [6.07, 6.45) is 0.929. The van der Waals surface area contributed by atoms with Gasteiger partial charge in [-0.15, -0.1) is 0 Å². The fourth-order valence-corrected chi connectivity index (χ4v) is 1.56. The highest BCUT2D eigenvalue weighted by atomic mass is 35.5. The molecule has 0 aromatic heterocycles. The first-order valence-electron chi connectivity index (χ1n) is 4.98. The Balaban J connectivity index is 2.86. The molecular weight excluding hydrogens is 217 g/mol. The van der Waals surface area contributed by atoms with Crippen LogP contribution in [0.5, 0.6) is 0 Å². The molecule has 0 aliphatic rings. The maximum absolute atomic E-state index is 13.6. The summed E-state index contributed by atoms with van der Waals surface area (Å²) in [5.74, 6) is -0.457. The standard InChI is InChI=1S/C11H15ClFNO/c1-2-6-14-10(7-15)8-4-3-5-9(12)11(8)13/h3-5,10,14-15H,2,6-7H2,1H3. The monoisotopic (exact) mass is 231 g/mol. The first-order chi connectivity index (χ1) is 7.20. The maximum atomic E-state index is 13.6. The van der Waals surface area contributed by atoms with Crippen molar-refractivity contribution >= 4 is 11.6 Å². The molecule has 2 N–H and O–H groups in total. The van der Waals surface area contributed by atoms with Gasteiger partial charge < -0.3 is 10.4 Å². The van der Waals surface area contributed by atoms with Crippen LogP contribution in [0.15, 0.2) is 18.2 Å². The first-order valence-corrected chi connectivity index (χ1v) is 5.36. The zero-order valence-corrected chi connectivity index (χ0v) is 9.39. The van der Waals surface area contributed by atoms with Crippen LogP contribution >= 0.6 is 11.6 Å². The molecule has 2 nitrogen and oxygen atoms in total. The molecule has 1 aromatic carbocycles. The molecule has 0 amide bonds. The number of hydrogen-bond acceptors (Lipinski definition) is 2. The number of benzene rings is 1. The van der Waals surface area contributed by atoms with E-state index in [2.05, 4.69) is 5.32 Å². The summed E-state index contributed by atoms with van der Waals surface area (Å²) in [7, 11) is 0. The van der Waals surface area contributed by atoms with Crippen LogP contribution in [0.4, 0.5) is 4.39 Å². The van der Waals surface area contributed by atoms with Gasteiger partial charge >= 0.3 is 0 Å². The highest BCUT2D eigenvalue weighted by Crippen LogP contribution is 2.23. The lowest BCUT2D eigenvalue weighted by molar-refractivity contribution is 0.242. The van der Waals surface area contributed by atoms with E-state index in [9.17, 15) is 4.39 Å². The van der Waals surface area contributed by atoms with Gasteiger partial charge in [-0.25, -0.2) is 4.39 Å². The molecule has 15 heavy (non-hydrogen) atoms. The summed E-state index contributed by atoms with van der Waals surface area (Å²) in [6.45, 7) is 2.60. The number of hydrogen-bond donors (Lipinski definition) is 2. The molecule has 0 saturated carbocycles. The van der Waals surface area contributed by atoms with E-state index in [1.807, 2.05) is 6.92 Å². The normalized spacial score (nSPS) is 12.8. The Kier molecular flexibility index (Phi) is 5.02. The molecule has 84 valence electrons. The van der Waals surface area contributed by atoms with Crippen LogP contribution in [0, 0.1) is 5.82 Å². The van der Waals surface area contributed by atoms with Crippen molar-refractivity contribution in [3.8, 4) is 0 Å². The smallest absolute Gasteiger partial charge is 0.146 e. The minimum absolute atomic E-state index is 0.0873. The molecule has 0 aliphatic carbocycles. The van der Waals surface area contributed by atoms with E-state index in [0.29, 0.717) is 5.56 Å². The van der Waals surface area contributed by atoms with Gasteiger partial charge in [0.25, 0.3) is 0 Å². The van der Waals surface area contributed by atoms with Crippen molar-refractivity contribution in [2.75, 3.05) is 13.2 Å². The summed E-state index contributed by atoms with van der Waals surface area (Å²) in [6, 6.07) is 4.42. The van der Waals surface area contributed by atoms with Crippen LogP contribution in [0.25, 0.3) is 0 Å². The number of aliphatic hydroxyl groups excluding tert-OH is 1. The van der Waals surface area contributed by atoms with E-state index < -0.39 is 5.82 Å². The van der Waals surface area contributed by atoms with Crippen molar-refractivity contribution in [2.24, 2.45) is 0 Å². The van der Waals surface area contributed by atoms with Gasteiger partial charge in [-0.1, -0.05) is 30.7 Å². The zero-order valence-electron chi connectivity index (χ0n) is 8.63. The van der Waals surface area contributed by atoms with E-state index in [1.165, 1.54) is 6.07 Å². The van der Waals surface area contributed by atoms with Gasteiger partial charge in [-0.05, 0) is 19.0 Å². The Bertz CT molecular complexity index is 319. The van der Waals surface area contributed by atoms with Crippen molar-refractivity contribution in [3.05, 3.63) is 34.6 Å². The Labute approximate surface area is 94.1 Å². The topological polar surface area (TPSA) is 32.3 Å². The van der Waals surface area contributed by atoms with Gasteiger partial charge in [0.15, 0.2) is 0 Å². The average molecular weight is 232 g/mol. The summed E-state index contributed by atoms with van der Waals surface area (Å²) in [5, 5.41) is 12.3. The van der Waals surface area contributed by atoms with E-state index in [1.54, 1.807) is 12.1 Å². The van der Waals surface area contributed by atoms with Crippen molar-refractivity contribution in [1.82, 2.24) is 5.32 Å². The number of halogens is 2. The zero-order chi connectivity index (χ0) is 11.3. The van der Waals surface area contributed by atoms with Gasteiger partial charge in [0.2, 0.25) is 0 Å². The van der Waals surface area contributed by atoms with Crippen LogP contribution in [-0.4, -0.2) is 18.3 Å². The predicted octanol–water partition coefficient (Wildman–Crippen LogP) is 2.51. The molecule has 1 atom stereocenters. The van der Waals surface area contributed by atoms with Crippen molar-refractivity contribution in [1.29, 1.82) is 0 Å². The van der Waals surface area contributed by atoms with Gasteiger partial charge in [0.1, 0.15) is 5.82 Å². The summed E-state index contributed by atoms with van der Waals surface area (Å²) < 4.78 is 13.6. The number of nitrogens with one attached hydrogen (secondary N) is 1. The molecule has 4 heteroatoms. The second-order valence-corrected chi connectivity index (χ2v) is 3.74. The second kappa shape index (κ2) is 6.05. The molecule has 0 radical (unpaired) electrons. The van der Waals surface area contributed by atoms with E-state index in [4.69, 9.17) is 16.7 Å². The third-order valence-electron chi connectivity index (χ3n) is 2.18.